The lowest BCUT2D eigenvalue weighted by Crippen LogP contribution is -2.50. The Morgan fingerprint density at radius 3 is 2.35 bits per heavy atom. The topological polar surface area (TPSA) is 86.7 Å². The minimum atomic E-state index is -0.749. The Hall–Kier alpha value is -2.21. The van der Waals surface area contributed by atoms with E-state index in [9.17, 15) is 19.6 Å². The maximum Gasteiger partial charge on any atom is 0.266 e. The van der Waals surface area contributed by atoms with Crippen molar-refractivity contribution < 1.29 is 19.6 Å². The molecule has 1 aliphatic rings. The van der Waals surface area contributed by atoms with Crippen molar-refractivity contribution in [3.05, 3.63) is 35.9 Å². The van der Waals surface area contributed by atoms with Gasteiger partial charge in [0.15, 0.2) is 0 Å². The molecule has 2 N–H and O–H groups in total. The Labute approximate surface area is 205 Å². The summed E-state index contributed by atoms with van der Waals surface area (Å²) in [6.45, 7) is 2.69. The predicted octanol–water partition coefficient (Wildman–Crippen LogP) is 5.61. The van der Waals surface area contributed by atoms with Gasteiger partial charge in [-0.3, -0.25) is 19.6 Å². The summed E-state index contributed by atoms with van der Waals surface area (Å²) in [6.07, 6.45) is 13.5. The van der Waals surface area contributed by atoms with E-state index < -0.39 is 11.9 Å². The molecule has 6 heteroatoms. The van der Waals surface area contributed by atoms with Crippen LogP contribution in [0.25, 0.3) is 0 Å². The molecule has 1 aromatic rings. The van der Waals surface area contributed by atoms with Crippen LogP contribution in [0, 0.1) is 5.92 Å². The fourth-order valence-electron chi connectivity index (χ4n) is 4.92. The zero-order valence-electron chi connectivity index (χ0n) is 21.0. The van der Waals surface area contributed by atoms with Gasteiger partial charge in [-0.05, 0) is 37.7 Å². The number of unbranched alkanes of at least 4 members (excludes halogenated alkanes) is 7. The monoisotopic (exact) mass is 472 g/mol. The first-order valence-electron chi connectivity index (χ1n) is 13.4. The molecule has 0 saturated heterocycles. The van der Waals surface area contributed by atoms with Gasteiger partial charge in [-0.15, -0.1) is 0 Å². The van der Waals surface area contributed by atoms with Gasteiger partial charge in [0.2, 0.25) is 5.91 Å². The van der Waals surface area contributed by atoms with Crippen LogP contribution in [0.4, 0.5) is 0 Å². The predicted molar refractivity (Wildman–Crippen MR) is 134 cm³/mol. The molecule has 1 aromatic carbocycles. The van der Waals surface area contributed by atoms with Crippen molar-refractivity contribution in [2.75, 3.05) is 6.54 Å². The molecule has 190 valence electrons. The molecule has 1 saturated carbocycles. The zero-order chi connectivity index (χ0) is 24.6. The number of nitrogens with one attached hydrogen (secondary N) is 1. The highest BCUT2D eigenvalue weighted by atomic mass is 16.5. The summed E-state index contributed by atoms with van der Waals surface area (Å²) in [7, 11) is 0. The summed E-state index contributed by atoms with van der Waals surface area (Å²) in [4.78, 5) is 40.0. The molecule has 1 fully saturated rings. The first kappa shape index (κ1) is 28.0. The second-order valence-corrected chi connectivity index (χ2v) is 9.69. The highest BCUT2D eigenvalue weighted by molar-refractivity contribution is 5.90. The van der Waals surface area contributed by atoms with Gasteiger partial charge in [0.05, 0.1) is 0 Å². The van der Waals surface area contributed by atoms with Crippen LogP contribution in [0.2, 0.25) is 0 Å². The fourth-order valence-corrected chi connectivity index (χ4v) is 4.92. The third-order valence-electron chi connectivity index (χ3n) is 7.01. The van der Waals surface area contributed by atoms with Gasteiger partial charge in [0.25, 0.3) is 5.91 Å². The lowest BCUT2D eigenvalue weighted by Gasteiger charge is -2.32. The van der Waals surface area contributed by atoms with Gasteiger partial charge in [-0.1, -0.05) is 88.6 Å². The molecule has 0 aliphatic heterocycles. The van der Waals surface area contributed by atoms with Crippen LogP contribution in [0.1, 0.15) is 102 Å². The molecule has 34 heavy (non-hydrogen) atoms. The number of carbonyl (C=O) groups is 3. The smallest absolute Gasteiger partial charge is 0.266 e. The average Bonchev–Trinajstić information content (AvgIpc) is 2.86. The number of ketones is 1. The normalized spacial score (nSPS) is 16.8. The zero-order valence-corrected chi connectivity index (χ0v) is 21.0. The molecule has 0 heterocycles. The molecule has 1 aliphatic carbocycles. The number of benzene rings is 1. The van der Waals surface area contributed by atoms with Crippen LogP contribution < -0.4 is 5.48 Å². The Bertz CT molecular complexity index is 737. The molecule has 0 aromatic heterocycles. The first-order valence-corrected chi connectivity index (χ1v) is 13.4. The van der Waals surface area contributed by atoms with Crippen molar-refractivity contribution in [3.8, 4) is 0 Å². The molecule has 0 unspecified atom stereocenters. The number of hydrogen-bond donors (Lipinski definition) is 2. The van der Waals surface area contributed by atoms with E-state index >= 15 is 0 Å². The number of amides is 2. The van der Waals surface area contributed by atoms with Crippen LogP contribution in [-0.4, -0.2) is 40.3 Å². The van der Waals surface area contributed by atoms with Crippen LogP contribution in [0.3, 0.4) is 0 Å². The maximum absolute atomic E-state index is 13.4. The van der Waals surface area contributed by atoms with Crippen LogP contribution in [0.15, 0.2) is 30.3 Å². The Balaban J connectivity index is 2.02. The van der Waals surface area contributed by atoms with Gasteiger partial charge in [0.1, 0.15) is 11.8 Å². The van der Waals surface area contributed by atoms with E-state index in [0.717, 1.165) is 44.1 Å². The third kappa shape index (κ3) is 9.96. The fraction of sp³-hybridized carbons (Fsp3) is 0.679. The number of rotatable bonds is 16. The van der Waals surface area contributed by atoms with E-state index in [1.165, 1.54) is 32.1 Å². The van der Waals surface area contributed by atoms with Gasteiger partial charge in [0, 0.05) is 25.3 Å². The number of nitrogens with zero attached hydrogens (tertiary/aromatic N) is 1. The van der Waals surface area contributed by atoms with Crippen molar-refractivity contribution in [1.29, 1.82) is 0 Å². The largest absolute Gasteiger partial charge is 0.331 e. The summed E-state index contributed by atoms with van der Waals surface area (Å²) in [5.74, 6) is -0.781. The van der Waals surface area contributed by atoms with E-state index in [4.69, 9.17) is 0 Å². The Kier molecular flexibility index (Phi) is 13.5. The minimum absolute atomic E-state index is 0.148. The van der Waals surface area contributed by atoms with E-state index in [1.54, 1.807) is 10.4 Å². The summed E-state index contributed by atoms with van der Waals surface area (Å²) in [5, 5.41) is 9.42. The number of aryl methyl sites for hydroxylation is 1. The van der Waals surface area contributed by atoms with Crippen LogP contribution >= 0.6 is 0 Å². The van der Waals surface area contributed by atoms with E-state index in [-0.39, 0.29) is 24.0 Å². The summed E-state index contributed by atoms with van der Waals surface area (Å²) in [5.41, 5.74) is 2.86. The Morgan fingerprint density at radius 1 is 1.03 bits per heavy atom. The number of hydroxylamine groups is 1. The van der Waals surface area contributed by atoms with Gasteiger partial charge >= 0.3 is 0 Å². The third-order valence-corrected chi connectivity index (χ3v) is 7.01. The van der Waals surface area contributed by atoms with Gasteiger partial charge in [-0.25, -0.2) is 5.48 Å². The summed E-state index contributed by atoms with van der Waals surface area (Å²) >= 11 is 0. The van der Waals surface area contributed by atoms with E-state index in [0.29, 0.717) is 25.8 Å². The lowest BCUT2D eigenvalue weighted by atomic mass is 9.85. The quantitative estimate of drug-likeness (QED) is 0.186. The number of hydrogen-bond acceptors (Lipinski definition) is 4. The maximum atomic E-state index is 13.4. The standard InChI is InChI=1S/C28H44N2O4/c1-2-3-4-5-6-7-8-14-21-30(27(32)22-24-17-12-13-18-26(24)31)25(28(33)29-34)20-19-23-15-10-9-11-16-23/h9-11,15-16,24-25,34H,2-8,12-14,17-22H2,1H3,(H,29,33)/t24-,25+/m0/s1. The second kappa shape index (κ2) is 16.4. The minimum Gasteiger partial charge on any atom is -0.331 e. The summed E-state index contributed by atoms with van der Waals surface area (Å²) in [6, 6.07) is 9.10. The Morgan fingerprint density at radius 2 is 1.71 bits per heavy atom. The van der Waals surface area contributed by atoms with Crippen molar-refractivity contribution >= 4 is 17.6 Å². The molecule has 0 spiro atoms. The summed E-state index contributed by atoms with van der Waals surface area (Å²) < 4.78 is 0. The van der Waals surface area contributed by atoms with E-state index in [1.807, 2.05) is 30.3 Å². The number of Topliss-reactive ketones (excluding diaryl/α,β-unsaturated/α-hetero) is 1. The first-order chi connectivity index (χ1) is 16.6. The number of carbonyl (C=O) groups excluding carboxylic acids is 3. The SMILES string of the molecule is CCCCCCCCCCN(C(=O)C[C@@H]1CCCCC1=O)[C@H](CCc1ccccc1)C(=O)NO. The molecule has 0 radical (unpaired) electrons. The molecular formula is C28H44N2O4. The van der Waals surface area contributed by atoms with Crippen molar-refractivity contribution in [3.63, 3.8) is 0 Å². The molecule has 0 bridgehead atoms. The lowest BCUT2D eigenvalue weighted by molar-refractivity contribution is -0.146. The average molecular weight is 473 g/mol. The molecule has 6 nitrogen and oxygen atoms in total. The van der Waals surface area contributed by atoms with Gasteiger partial charge in [-0.2, -0.15) is 0 Å². The van der Waals surface area contributed by atoms with Crippen LogP contribution in [-0.2, 0) is 20.8 Å². The highest BCUT2D eigenvalue weighted by Crippen LogP contribution is 2.25. The molecular weight excluding hydrogens is 428 g/mol. The highest BCUT2D eigenvalue weighted by Gasteiger charge is 2.32. The van der Waals surface area contributed by atoms with Crippen molar-refractivity contribution in [2.45, 2.75) is 109 Å². The second-order valence-electron chi connectivity index (χ2n) is 9.69. The molecule has 2 rings (SSSR count). The molecule has 2 amide bonds. The molecule has 2 atom stereocenters. The van der Waals surface area contributed by atoms with Crippen molar-refractivity contribution in [1.82, 2.24) is 10.4 Å². The van der Waals surface area contributed by atoms with Crippen molar-refractivity contribution in [2.24, 2.45) is 5.92 Å². The van der Waals surface area contributed by atoms with Gasteiger partial charge < -0.3 is 4.90 Å². The van der Waals surface area contributed by atoms with Crippen LogP contribution in [0.5, 0.6) is 0 Å². The van der Waals surface area contributed by atoms with E-state index in [2.05, 4.69) is 6.92 Å².